The van der Waals surface area contributed by atoms with Crippen LogP contribution in [-0.4, -0.2) is 34.6 Å². The first-order valence-electron chi connectivity index (χ1n) is 7.13. The summed E-state index contributed by atoms with van der Waals surface area (Å²) in [4.78, 5) is 25.2. The van der Waals surface area contributed by atoms with E-state index in [1.54, 1.807) is 11.6 Å². The van der Waals surface area contributed by atoms with E-state index in [0.29, 0.717) is 25.3 Å². The third-order valence-corrected chi connectivity index (χ3v) is 3.72. The summed E-state index contributed by atoms with van der Waals surface area (Å²) < 4.78 is 7.32. The van der Waals surface area contributed by atoms with E-state index in [9.17, 15) is 9.59 Å². The standard InChI is InChI=1S/C15H22N2O3/c1-4-5-6-14(18)17-9-13(10-17)20-12-7-11(2)16(3)15(19)8-12/h7-8,13H,4-6,9-10H2,1-3H3. The number of aromatic nitrogens is 1. The van der Waals surface area contributed by atoms with Crippen LogP contribution in [0.4, 0.5) is 0 Å². The lowest BCUT2D eigenvalue weighted by molar-refractivity contribution is -0.140. The van der Waals surface area contributed by atoms with Crippen molar-refractivity contribution in [1.29, 1.82) is 0 Å². The monoisotopic (exact) mass is 278 g/mol. The molecular weight excluding hydrogens is 256 g/mol. The minimum absolute atomic E-state index is 0.00656. The SMILES string of the molecule is CCCCC(=O)N1CC(Oc2cc(C)n(C)c(=O)c2)C1. The molecule has 2 rings (SSSR count). The Morgan fingerprint density at radius 3 is 2.70 bits per heavy atom. The van der Waals surface area contributed by atoms with Crippen molar-refractivity contribution < 1.29 is 9.53 Å². The third kappa shape index (κ3) is 3.21. The van der Waals surface area contributed by atoms with Crippen molar-refractivity contribution in [2.24, 2.45) is 7.05 Å². The van der Waals surface area contributed by atoms with Crippen molar-refractivity contribution in [1.82, 2.24) is 9.47 Å². The van der Waals surface area contributed by atoms with Gasteiger partial charge in [0.05, 0.1) is 13.1 Å². The molecule has 0 aliphatic carbocycles. The molecule has 110 valence electrons. The van der Waals surface area contributed by atoms with Gasteiger partial charge in [-0.2, -0.15) is 0 Å². The lowest BCUT2D eigenvalue weighted by atomic mass is 10.1. The summed E-state index contributed by atoms with van der Waals surface area (Å²) in [5.74, 6) is 0.795. The molecule has 5 nitrogen and oxygen atoms in total. The van der Waals surface area contributed by atoms with Crippen LogP contribution in [0.2, 0.25) is 0 Å². The van der Waals surface area contributed by atoms with Gasteiger partial charge in [-0.15, -0.1) is 0 Å². The number of carbonyl (C=O) groups excluding carboxylic acids is 1. The molecule has 1 aliphatic heterocycles. The van der Waals surface area contributed by atoms with Crippen LogP contribution in [0.15, 0.2) is 16.9 Å². The number of ether oxygens (including phenoxy) is 1. The quantitative estimate of drug-likeness (QED) is 0.819. The third-order valence-electron chi connectivity index (χ3n) is 3.72. The number of pyridine rings is 1. The molecule has 0 unspecified atom stereocenters. The Balaban J connectivity index is 1.86. The highest BCUT2D eigenvalue weighted by Crippen LogP contribution is 2.18. The summed E-state index contributed by atoms with van der Waals surface area (Å²) >= 11 is 0. The molecule has 0 saturated carbocycles. The van der Waals surface area contributed by atoms with Crippen LogP contribution in [-0.2, 0) is 11.8 Å². The molecule has 2 heterocycles. The molecule has 5 heteroatoms. The molecule has 0 bridgehead atoms. The van der Waals surface area contributed by atoms with Crippen LogP contribution in [0, 0.1) is 6.92 Å². The van der Waals surface area contributed by atoms with Crippen molar-refractivity contribution >= 4 is 5.91 Å². The zero-order chi connectivity index (χ0) is 14.7. The van der Waals surface area contributed by atoms with E-state index in [1.165, 1.54) is 6.07 Å². The fraction of sp³-hybridized carbons (Fsp3) is 0.600. The fourth-order valence-corrected chi connectivity index (χ4v) is 2.20. The van der Waals surface area contributed by atoms with Gasteiger partial charge >= 0.3 is 0 Å². The molecule has 0 radical (unpaired) electrons. The number of likely N-dealkylation sites (tertiary alicyclic amines) is 1. The molecule has 0 aromatic carbocycles. The fourth-order valence-electron chi connectivity index (χ4n) is 2.20. The first kappa shape index (κ1) is 14.6. The van der Waals surface area contributed by atoms with Crippen molar-refractivity contribution in [2.45, 2.75) is 39.2 Å². The predicted octanol–water partition coefficient (Wildman–Crippen LogP) is 1.47. The Bertz CT molecular complexity index is 545. The maximum Gasteiger partial charge on any atom is 0.254 e. The van der Waals surface area contributed by atoms with Crippen LogP contribution >= 0.6 is 0 Å². The minimum Gasteiger partial charge on any atom is -0.486 e. The molecule has 1 amide bonds. The summed E-state index contributed by atoms with van der Waals surface area (Å²) in [5, 5.41) is 0. The zero-order valence-corrected chi connectivity index (χ0v) is 12.4. The molecule has 1 fully saturated rings. The maximum absolute atomic E-state index is 11.8. The number of aryl methyl sites for hydroxylation is 1. The van der Waals surface area contributed by atoms with E-state index in [1.807, 2.05) is 17.9 Å². The highest BCUT2D eigenvalue weighted by atomic mass is 16.5. The second-order valence-corrected chi connectivity index (χ2v) is 5.37. The number of nitrogens with zero attached hydrogens (tertiary/aromatic N) is 2. The largest absolute Gasteiger partial charge is 0.486 e. The van der Waals surface area contributed by atoms with Gasteiger partial charge in [-0.3, -0.25) is 9.59 Å². The molecule has 0 spiro atoms. The number of rotatable bonds is 5. The van der Waals surface area contributed by atoms with Gasteiger partial charge in [-0.05, 0) is 19.4 Å². The Morgan fingerprint density at radius 2 is 2.10 bits per heavy atom. The van der Waals surface area contributed by atoms with Gasteiger partial charge in [-0.1, -0.05) is 13.3 Å². The van der Waals surface area contributed by atoms with Crippen LogP contribution in [0.25, 0.3) is 0 Å². The zero-order valence-electron chi connectivity index (χ0n) is 12.4. The molecule has 1 aliphatic rings. The number of carbonyl (C=O) groups is 1. The van der Waals surface area contributed by atoms with E-state index in [2.05, 4.69) is 6.92 Å². The molecule has 1 saturated heterocycles. The average molecular weight is 278 g/mol. The molecule has 1 aromatic rings. The summed E-state index contributed by atoms with van der Waals surface area (Å²) in [7, 11) is 1.74. The van der Waals surface area contributed by atoms with Gasteiger partial charge < -0.3 is 14.2 Å². The van der Waals surface area contributed by atoms with Crippen LogP contribution in [0.5, 0.6) is 5.75 Å². The van der Waals surface area contributed by atoms with Gasteiger partial charge in [0.15, 0.2) is 0 Å². The van der Waals surface area contributed by atoms with E-state index in [-0.39, 0.29) is 17.6 Å². The van der Waals surface area contributed by atoms with E-state index >= 15 is 0 Å². The van der Waals surface area contributed by atoms with E-state index in [0.717, 1.165) is 18.5 Å². The topological polar surface area (TPSA) is 51.5 Å². The lowest BCUT2D eigenvalue weighted by Crippen LogP contribution is -2.56. The van der Waals surface area contributed by atoms with Crippen molar-refractivity contribution in [3.63, 3.8) is 0 Å². The Morgan fingerprint density at radius 1 is 1.40 bits per heavy atom. The van der Waals surface area contributed by atoms with E-state index < -0.39 is 0 Å². The average Bonchev–Trinajstić information content (AvgIpc) is 2.36. The summed E-state index contributed by atoms with van der Waals surface area (Å²) in [6, 6.07) is 3.34. The highest BCUT2D eigenvalue weighted by molar-refractivity contribution is 5.77. The van der Waals surface area contributed by atoms with Gasteiger partial charge in [0.25, 0.3) is 5.56 Å². The number of hydrogen-bond donors (Lipinski definition) is 0. The van der Waals surface area contributed by atoms with Gasteiger partial charge in [-0.25, -0.2) is 0 Å². The summed E-state index contributed by atoms with van der Waals surface area (Å²) in [5.41, 5.74) is 0.790. The molecular formula is C15H22N2O3. The number of amides is 1. The number of hydrogen-bond acceptors (Lipinski definition) is 3. The maximum atomic E-state index is 11.8. The summed E-state index contributed by atoms with van der Waals surface area (Å²) in [6.07, 6.45) is 2.60. The summed E-state index contributed by atoms with van der Waals surface area (Å²) in [6.45, 7) is 5.19. The minimum atomic E-state index is -0.0739. The smallest absolute Gasteiger partial charge is 0.254 e. The van der Waals surface area contributed by atoms with Gasteiger partial charge in [0.1, 0.15) is 11.9 Å². The van der Waals surface area contributed by atoms with Gasteiger partial charge in [0, 0.05) is 25.2 Å². The lowest BCUT2D eigenvalue weighted by Gasteiger charge is -2.39. The van der Waals surface area contributed by atoms with Gasteiger partial charge in [0.2, 0.25) is 5.91 Å². The first-order valence-corrected chi connectivity index (χ1v) is 7.13. The molecule has 1 aromatic heterocycles. The van der Waals surface area contributed by atoms with E-state index in [4.69, 9.17) is 4.74 Å². The predicted molar refractivity (Wildman–Crippen MR) is 76.9 cm³/mol. The van der Waals surface area contributed by atoms with Crippen molar-refractivity contribution in [3.8, 4) is 5.75 Å². The highest BCUT2D eigenvalue weighted by Gasteiger charge is 2.31. The Labute approximate surface area is 119 Å². The Hall–Kier alpha value is -1.78. The molecule has 20 heavy (non-hydrogen) atoms. The molecule has 0 atom stereocenters. The second kappa shape index (κ2) is 6.11. The number of unbranched alkanes of at least 4 members (excludes halogenated alkanes) is 1. The van der Waals surface area contributed by atoms with Crippen molar-refractivity contribution in [3.05, 3.63) is 28.2 Å². The first-order chi connectivity index (χ1) is 9.51. The van der Waals surface area contributed by atoms with Crippen LogP contribution in [0.1, 0.15) is 31.9 Å². The normalized spacial score (nSPS) is 15.1. The molecule has 0 N–H and O–H groups in total. The second-order valence-electron chi connectivity index (χ2n) is 5.37. The van der Waals surface area contributed by atoms with Crippen molar-refractivity contribution in [2.75, 3.05) is 13.1 Å². The Kier molecular flexibility index (Phi) is 4.47. The van der Waals surface area contributed by atoms with Crippen LogP contribution in [0.3, 0.4) is 0 Å². The van der Waals surface area contributed by atoms with Crippen LogP contribution < -0.4 is 10.3 Å².